The quantitative estimate of drug-likeness (QED) is 0.694. The van der Waals surface area contributed by atoms with Crippen LogP contribution in [0.15, 0.2) is 48.5 Å². The zero-order valence-electron chi connectivity index (χ0n) is 11.4. The third-order valence-corrected chi connectivity index (χ3v) is 4.22. The van der Waals surface area contributed by atoms with E-state index in [1.807, 2.05) is 19.1 Å². The Bertz CT molecular complexity index is 502. The summed E-state index contributed by atoms with van der Waals surface area (Å²) < 4.78 is 5.46. The van der Waals surface area contributed by atoms with Gasteiger partial charge in [0.15, 0.2) is 0 Å². The summed E-state index contributed by atoms with van der Waals surface area (Å²) >= 11 is 3.76. The molecule has 2 rings (SSSR count). The molecule has 2 aromatic rings. The number of halogens is 1. The SMILES string of the molecule is CCOc1ccc(C(Br)c2ccc(CC)cc2)cc1. The van der Waals surface area contributed by atoms with Gasteiger partial charge < -0.3 is 4.74 Å². The van der Waals surface area contributed by atoms with Crippen LogP contribution in [0.3, 0.4) is 0 Å². The van der Waals surface area contributed by atoms with Gasteiger partial charge in [-0.05, 0) is 42.2 Å². The van der Waals surface area contributed by atoms with Gasteiger partial charge in [0, 0.05) is 0 Å². The molecular weight excluding hydrogens is 300 g/mol. The average Bonchev–Trinajstić information content (AvgIpc) is 2.48. The highest BCUT2D eigenvalue weighted by atomic mass is 79.9. The maximum Gasteiger partial charge on any atom is 0.119 e. The van der Waals surface area contributed by atoms with Gasteiger partial charge in [-0.25, -0.2) is 0 Å². The fourth-order valence-electron chi connectivity index (χ4n) is 2.01. The van der Waals surface area contributed by atoms with Crippen molar-refractivity contribution in [2.24, 2.45) is 0 Å². The molecule has 19 heavy (non-hydrogen) atoms. The summed E-state index contributed by atoms with van der Waals surface area (Å²) in [6, 6.07) is 17.0. The second-order valence-corrected chi connectivity index (χ2v) is 5.38. The number of hydrogen-bond acceptors (Lipinski definition) is 1. The summed E-state index contributed by atoms with van der Waals surface area (Å²) in [4.78, 5) is 0.231. The highest BCUT2D eigenvalue weighted by molar-refractivity contribution is 9.09. The van der Waals surface area contributed by atoms with E-state index in [1.165, 1.54) is 16.7 Å². The van der Waals surface area contributed by atoms with E-state index in [2.05, 4.69) is 59.3 Å². The first kappa shape index (κ1) is 14.1. The first-order valence-corrected chi connectivity index (χ1v) is 7.61. The maximum absolute atomic E-state index is 5.46. The minimum atomic E-state index is 0.231. The Labute approximate surface area is 123 Å². The monoisotopic (exact) mass is 318 g/mol. The molecule has 2 heteroatoms. The Morgan fingerprint density at radius 1 is 0.895 bits per heavy atom. The highest BCUT2D eigenvalue weighted by Gasteiger charge is 2.10. The van der Waals surface area contributed by atoms with Crippen LogP contribution in [0.1, 0.15) is 35.4 Å². The number of ether oxygens (including phenoxy) is 1. The lowest BCUT2D eigenvalue weighted by Gasteiger charge is -2.12. The van der Waals surface area contributed by atoms with Crippen molar-refractivity contribution in [2.75, 3.05) is 6.61 Å². The molecule has 0 spiro atoms. The first-order valence-electron chi connectivity index (χ1n) is 6.70. The van der Waals surface area contributed by atoms with Crippen LogP contribution in [0.2, 0.25) is 0 Å². The molecule has 0 bridgehead atoms. The Balaban J connectivity index is 2.15. The van der Waals surface area contributed by atoms with Gasteiger partial charge in [0.1, 0.15) is 5.75 Å². The van der Waals surface area contributed by atoms with E-state index in [-0.39, 0.29) is 4.83 Å². The highest BCUT2D eigenvalue weighted by Crippen LogP contribution is 2.31. The predicted molar refractivity (Wildman–Crippen MR) is 84.2 cm³/mol. The van der Waals surface area contributed by atoms with Gasteiger partial charge in [-0.15, -0.1) is 0 Å². The molecule has 1 atom stereocenters. The molecule has 1 unspecified atom stereocenters. The lowest BCUT2D eigenvalue weighted by Crippen LogP contribution is -1.95. The van der Waals surface area contributed by atoms with Crippen LogP contribution >= 0.6 is 15.9 Å². The number of alkyl halides is 1. The molecule has 0 heterocycles. The molecule has 2 aromatic carbocycles. The molecule has 0 aromatic heterocycles. The van der Waals surface area contributed by atoms with Crippen LogP contribution in [0, 0.1) is 0 Å². The fourth-order valence-corrected chi connectivity index (χ4v) is 2.62. The zero-order valence-corrected chi connectivity index (χ0v) is 13.0. The Kier molecular flexibility index (Phi) is 5.03. The summed E-state index contributed by atoms with van der Waals surface area (Å²) in [5.74, 6) is 0.923. The normalized spacial score (nSPS) is 12.2. The fraction of sp³-hybridized carbons (Fsp3) is 0.294. The summed E-state index contributed by atoms with van der Waals surface area (Å²) in [5, 5.41) is 0. The van der Waals surface area contributed by atoms with Gasteiger partial charge in [0.25, 0.3) is 0 Å². The maximum atomic E-state index is 5.46. The van der Waals surface area contributed by atoms with E-state index in [0.717, 1.165) is 12.2 Å². The van der Waals surface area contributed by atoms with Crippen LogP contribution in [-0.4, -0.2) is 6.61 Å². The third-order valence-electron chi connectivity index (χ3n) is 3.16. The van der Waals surface area contributed by atoms with Gasteiger partial charge in [-0.1, -0.05) is 59.3 Å². The molecular formula is C17H19BrO. The molecule has 0 fully saturated rings. The van der Waals surface area contributed by atoms with Crippen LogP contribution in [0.25, 0.3) is 0 Å². The van der Waals surface area contributed by atoms with Crippen LogP contribution in [0.5, 0.6) is 5.75 Å². The molecule has 1 nitrogen and oxygen atoms in total. The van der Waals surface area contributed by atoms with Gasteiger partial charge in [-0.2, -0.15) is 0 Å². The van der Waals surface area contributed by atoms with Gasteiger partial charge >= 0.3 is 0 Å². The van der Waals surface area contributed by atoms with Gasteiger partial charge in [-0.3, -0.25) is 0 Å². The topological polar surface area (TPSA) is 9.23 Å². The van der Waals surface area contributed by atoms with E-state index in [0.29, 0.717) is 6.61 Å². The van der Waals surface area contributed by atoms with Crippen molar-refractivity contribution < 1.29 is 4.74 Å². The van der Waals surface area contributed by atoms with Crippen molar-refractivity contribution in [2.45, 2.75) is 25.1 Å². The lowest BCUT2D eigenvalue weighted by atomic mass is 10.0. The van der Waals surface area contributed by atoms with E-state index in [4.69, 9.17) is 4.74 Å². The van der Waals surface area contributed by atoms with Gasteiger partial charge in [0.2, 0.25) is 0 Å². The van der Waals surface area contributed by atoms with E-state index < -0.39 is 0 Å². The van der Waals surface area contributed by atoms with Crippen molar-refractivity contribution >= 4 is 15.9 Å². The average molecular weight is 319 g/mol. The molecule has 0 saturated carbocycles. The van der Waals surface area contributed by atoms with Crippen molar-refractivity contribution in [1.29, 1.82) is 0 Å². The number of benzene rings is 2. The first-order chi connectivity index (χ1) is 9.24. The Morgan fingerprint density at radius 2 is 1.42 bits per heavy atom. The predicted octanol–water partition coefficient (Wildman–Crippen LogP) is 5.13. The largest absolute Gasteiger partial charge is 0.494 e. The Morgan fingerprint density at radius 3 is 1.89 bits per heavy atom. The summed E-state index contributed by atoms with van der Waals surface area (Å²) in [6.45, 7) is 4.87. The smallest absolute Gasteiger partial charge is 0.119 e. The van der Waals surface area contributed by atoms with Crippen LogP contribution in [-0.2, 0) is 6.42 Å². The number of hydrogen-bond donors (Lipinski definition) is 0. The van der Waals surface area contributed by atoms with Crippen molar-refractivity contribution in [1.82, 2.24) is 0 Å². The third kappa shape index (κ3) is 3.60. The molecule has 0 aliphatic carbocycles. The van der Waals surface area contributed by atoms with Crippen LogP contribution in [0.4, 0.5) is 0 Å². The van der Waals surface area contributed by atoms with Crippen molar-refractivity contribution in [3.63, 3.8) is 0 Å². The summed E-state index contributed by atoms with van der Waals surface area (Å²) in [5.41, 5.74) is 3.89. The minimum Gasteiger partial charge on any atom is -0.494 e. The molecule has 0 radical (unpaired) electrons. The lowest BCUT2D eigenvalue weighted by molar-refractivity contribution is 0.340. The zero-order chi connectivity index (χ0) is 13.7. The minimum absolute atomic E-state index is 0.231. The molecule has 0 aliphatic rings. The second-order valence-electron chi connectivity index (χ2n) is 4.46. The van der Waals surface area contributed by atoms with Crippen molar-refractivity contribution in [3.05, 3.63) is 65.2 Å². The molecule has 0 aliphatic heterocycles. The molecule has 0 saturated heterocycles. The molecule has 100 valence electrons. The van der Waals surface area contributed by atoms with Gasteiger partial charge in [0.05, 0.1) is 11.4 Å². The number of rotatable bonds is 5. The standard InChI is InChI=1S/C17H19BrO/c1-3-13-5-7-14(8-6-13)17(18)15-9-11-16(12-10-15)19-4-2/h5-12,17H,3-4H2,1-2H3. The van der Waals surface area contributed by atoms with E-state index in [9.17, 15) is 0 Å². The van der Waals surface area contributed by atoms with E-state index in [1.54, 1.807) is 0 Å². The second kappa shape index (κ2) is 6.76. The van der Waals surface area contributed by atoms with E-state index >= 15 is 0 Å². The molecule has 0 N–H and O–H groups in total. The van der Waals surface area contributed by atoms with Crippen molar-refractivity contribution in [3.8, 4) is 5.75 Å². The van der Waals surface area contributed by atoms with Crippen LogP contribution < -0.4 is 4.74 Å². The summed E-state index contributed by atoms with van der Waals surface area (Å²) in [6.07, 6.45) is 1.08. The summed E-state index contributed by atoms with van der Waals surface area (Å²) in [7, 11) is 0. The molecule has 0 amide bonds. The Hall–Kier alpha value is -1.28. The number of aryl methyl sites for hydroxylation is 1.